The molecule has 0 unspecified atom stereocenters. The molecule has 1 aromatic rings. The molecule has 0 heterocycles. The van der Waals surface area contributed by atoms with Crippen molar-refractivity contribution in [1.82, 2.24) is 5.01 Å². The third-order valence-electron chi connectivity index (χ3n) is 2.42. The van der Waals surface area contributed by atoms with Crippen LogP contribution in [0, 0.1) is 5.82 Å². The van der Waals surface area contributed by atoms with E-state index in [0.29, 0.717) is 22.9 Å². The van der Waals surface area contributed by atoms with Crippen LogP contribution in [-0.2, 0) is 16.0 Å². The molecule has 0 saturated heterocycles. The van der Waals surface area contributed by atoms with Crippen LogP contribution < -0.4 is 5.84 Å². The number of carbonyl (C=O) groups excluding carboxylic acids is 2. The molecule has 0 fully saturated rings. The second-order valence-corrected chi connectivity index (χ2v) is 4.65. The van der Waals surface area contributed by atoms with E-state index in [1.165, 1.54) is 12.1 Å². The minimum atomic E-state index is -0.604. The van der Waals surface area contributed by atoms with Crippen LogP contribution in [0.25, 0.3) is 0 Å². The Labute approximate surface area is 120 Å². The van der Waals surface area contributed by atoms with Crippen LogP contribution in [0.4, 0.5) is 4.39 Å². The van der Waals surface area contributed by atoms with E-state index in [1.54, 1.807) is 0 Å². The zero-order valence-corrected chi connectivity index (χ0v) is 11.5. The molecule has 2 amide bonds. The van der Waals surface area contributed by atoms with E-state index in [2.05, 4.69) is 0 Å². The first-order valence-electron chi connectivity index (χ1n) is 5.56. The Hall–Kier alpha value is -1.17. The van der Waals surface area contributed by atoms with Gasteiger partial charge in [-0.1, -0.05) is 17.7 Å². The maximum absolute atomic E-state index is 12.8. The fraction of sp³-hybridized carbons (Fsp3) is 0.333. The van der Waals surface area contributed by atoms with Crippen molar-refractivity contribution in [3.63, 3.8) is 0 Å². The molecule has 1 aromatic carbocycles. The molecule has 0 saturated carbocycles. The molecule has 0 radical (unpaired) electrons. The molecule has 0 spiro atoms. The number of benzene rings is 1. The normalized spacial score (nSPS) is 10.3. The molecule has 0 bridgehead atoms. The van der Waals surface area contributed by atoms with Gasteiger partial charge < -0.3 is 0 Å². The maximum Gasteiger partial charge on any atom is 0.248 e. The average molecular weight is 307 g/mol. The number of carbonyl (C=O) groups is 2. The minimum Gasteiger partial charge on any atom is -0.273 e. The van der Waals surface area contributed by atoms with Crippen LogP contribution in [0.5, 0.6) is 0 Å². The Bertz CT molecular complexity index is 483. The summed E-state index contributed by atoms with van der Waals surface area (Å²) >= 11 is 11.2. The molecule has 4 nitrogen and oxygen atoms in total. The van der Waals surface area contributed by atoms with Gasteiger partial charge in [-0.25, -0.2) is 15.2 Å². The van der Waals surface area contributed by atoms with Crippen molar-refractivity contribution in [2.24, 2.45) is 5.84 Å². The number of rotatable bonds is 5. The van der Waals surface area contributed by atoms with Gasteiger partial charge in [0, 0.05) is 17.3 Å². The number of nitrogens with zero attached hydrogens (tertiary/aromatic N) is 1. The van der Waals surface area contributed by atoms with Crippen LogP contribution in [0.1, 0.15) is 18.4 Å². The van der Waals surface area contributed by atoms with Crippen molar-refractivity contribution in [3.05, 3.63) is 34.6 Å². The van der Waals surface area contributed by atoms with E-state index in [-0.39, 0.29) is 17.9 Å². The van der Waals surface area contributed by atoms with Gasteiger partial charge in [-0.2, -0.15) is 0 Å². The van der Waals surface area contributed by atoms with E-state index in [0.717, 1.165) is 6.07 Å². The number of amides is 2. The van der Waals surface area contributed by atoms with Crippen LogP contribution >= 0.6 is 23.2 Å². The predicted octanol–water partition coefficient (Wildman–Crippen LogP) is 2.27. The number of hydrazine groups is 1. The lowest BCUT2D eigenvalue weighted by molar-refractivity contribution is -0.144. The van der Waals surface area contributed by atoms with E-state index >= 15 is 0 Å². The van der Waals surface area contributed by atoms with Crippen LogP contribution in [-0.4, -0.2) is 22.7 Å². The number of imide groups is 1. The third kappa shape index (κ3) is 4.78. The summed E-state index contributed by atoms with van der Waals surface area (Å²) in [6, 6.07) is 3.66. The monoisotopic (exact) mass is 306 g/mol. The molecule has 104 valence electrons. The minimum absolute atomic E-state index is 0.100. The van der Waals surface area contributed by atoms with Gasteiger partial charge in [0.1, 0.15) is 5.82 Å². The number of alkyl halides is 1. The summed E-state index contributed by atoms with van der Waals surface area (Å²) in [5.41, 5.74) is 0.411. The molecule has 19 heavy (non-hydrogen) atoms. The summed E-state index contributed by atoms with van der Waals surface area (Å²) < 4.78 is 12.8. The molecule has 0 aromatic heterocycles. The van der Waals surface area contributed by atoms with Crippen LogP contribution in [0.15, 0.2) is 18.2 Å². The average Bonchev–Trinajstić information content (AvgIpc) is 2.38. The quantitative estimate of drug-likeness (QED) is 0.393. The second kappa shape index (κ2) is 7.43. The van der Waals surface area contributed by atoms with Gasteiger partial charge in [0.05, 0.1) is 6.42 Å². The lowest BCUT2D eigenvalue weighted by Gasteiger charge is -2.14. The lowest BCUT2D eigenvalue weighted by atomic mass is 10.1. The molecular weight excluding hydrogens is 294 g/mol. The highest BCUT2D eigenvalue weighted by Gasteiger charge is 2.18. The second-order valence-electron chi connectivity index (χ2n) is 3.86. The summed E-state index contributed by atoms with van der Waals surface area (Å²) in [7, 11) is 0. The Balaban J connectivity index is 2.66. The molecule has 1 rings (SSSR count). The summed E-state index contributed by atoms with van der Waals surface area (Å²) in [5, 5.41) is 0.668. The molecule has 2 N–H and O–H groups in total. The van der Waals surface area contributed by atoms with Gasteiger partial charge in [0.25, 0.3) is 0 Å². The number of hydrogen-bond donors (Lipinski definition) is 1. The van der Waals surface area contributed by atoms with Gasteiger partial charge >= 0.3 is 0 Å². The Morgan fingerprint density at radius 1 is 1.32 bits per heavy atom. The first kappa shape index (κ1) is 15.9. The Kier molecular flexibility index (Phi) is 6.21. The topological polar surface area (TPSA) is 63.4 Å². The SMILES string of the molecule is NN(C(=O)CCCCl)C(=O)Cc1ccc(F)cc1Cl. The molecule has 0 aliphatic heterocycles. The molecule has 0 aliphatic carbocycles. The van der Waals surface area contributed by atoms with E-state index in [9.17, 15) is 14.0 Å². The van der Waals surface area contributed by atoms with Gasteiger partial charge in [-0.05, 0) is 24.1 Å². The highest BCUT2D eigenvalue weighted by molar-refractivity contribution is 6.31. The Morgan fingerprint density at radius 3 is 2.58 bits per heavy atom. The molecular formula is C12H13Cl2FN2O2. The number of hydrogen-bond acceptors (Lipinski definition) is 3. The third-order valence-corrected chi connectivity index (χ3v) is 3.04. The summed E-state index contributed by atoms with van der Waals surface area (Å²) in [4.78, 5) is 23.3. The Morgan fingerprint density at radius 2 is 2.00 bits per heavy atom. The summed E-state index contributed by atoms with van der Waals surface area (Å²) in [5.74, 6) is 4.11. The number of nitrogens with two attached hydrogens (primary N) is 1. The smallest absolute Gasteiger partial charge is 0.248 e. The van der Waals surface area contributed by atoms with Crippen molar-refractivity contribution < 1.29 is 14.0 Å². The fourth-order valence-corrected chi connectivity index (χ4v) is 1.76. The van der Waals surface area contributed by atoms with E-state index in [1.807, 2.05) is 0 Å². The predicted molar refractivity (Wildman–Crippen MR) is 71.1 cm³/mol. The first-order valence-corrected chi connectivity index (χ1v) is 6.47. The van der Waals surface area contributed by atoms with Crippen molar-refractivity contribution in [3.8, 4) is 0 Å². The lowest BCUT2D eigenvalue weighted by Crippen LogP contribution is -2.43. The van der Waals surface area contributed by atoms with Gasteiger partial charge in [-0.15, -0.1) is 11.6 Å². The van der Waals surface area contributed by atoms with Gasteiger partial charge in [0.15, 0.2) is 0 Å². The van der Waals surface area contributed by atoms with Crippen molar-refractivity contribution in [1.29, 1.82) is 0 Å². The van der Waals surface area contributed by atoms with Gasteiger partial charge in [-0.3, -0.25) is 9.59 Å². The first-order chi connectivity index (χ1) is 8.95. The molecule has 7 heteroatoms. The van der Waals surface area contributed by atoms with E-state index < -0.39 is 17.6 Å². The highest BCUT2D eigenvalue weighted by Crippen LogP contribution is 2.18. The molecule has 0 atom stereocenters. The maximum atomic E-state index is 12.8. The summed E-state index contributed by atoms with van der Waals surface area (Å²) in [6.45, 7) is 0. The highest BCUT2D eigenvalue weighted by atomic mass is 35.5. The molecule has 0 aliphatic rings. The van der Waals surface area contributed by atoms with Crippen molar-refractivity contribution >= 4 is 35.0 Å². The zero-order chi connectivity index (χ0) is 14.4. The van der Waals surface area contributed by atoms with Crippen molar-refractivity contribution in [2.45, 2.75) is 19.3 Å². The van der Waals surface area contributed by atoms with Gasteiger partial charge in [0.2, 0.25) is 11.8 Å². The number of halogens is 3. The summed E-state index contributed by atoms with van der Waals surface area (Å²) in [6.07, 6.45) is 0.379. The largest absolute Gasteiger partial charge is 0.273 e. The van der Waals surface area contributed by atoms with Crippen LogP contribution in [0.3, 0.4) is 0 Å². The zero-order valence-electron chi connectivity index (χ0n) is 10.0. The fourth-order valence-electron chi connectivity index (χ4n) is 1.39. The standard InChI is InChI=1S/C12H13Cl2FN2O2/c13-5-1-2-11(18)17(16)12(19)6-8-3-4-9(15)7-10(8)14/h3-4,7H,1-2,5-6,16H2. The van der Waals surface area contributed by atoms with Crippen molar-refractivity contribution in [2.75, 3.05) is 5.88 Å². The van der Waals surface area contributed by atoms with Crippen LogP contribution in [0.2, 0.25) is 5.02 Å². The van der Waals surface area contributed by atoms with E-state index in [4.69, 9.17) is 29.0 Å².